The van der Waals surface area contributed by atoms with Crippen molar-refractivity contribution in [3.8, 4) is 0 Å². The highest BCUT2D eigenvalue weighted by atomic mass is 16.5. The largest absolute Gasteiger partial charge is 0.381 e. The summed E-state index contributed by atoms with van der Waals surface area (Å²) >= 11 is 0. The summed E-state index contributed by atoms with van der Waals surface area (Å²) in [6.07, 6.45) is 0.576. The number of carbonyl (C=O) groups excluding carboxylic acids is 3. The zero-order chi connectivity index (χ0) is 17.3. The molecule has 0 atom stereocenters. The Bertz CT molecular complexity index is 349. The van der Waals surface area contributed by atoms with E-state index in [4.69, 9.17) is 14.2 Å². The Morgan fingerprint density at radius 3 is 1.83 bits per heavy atom. The topological polar surface area (TPSA) is 103 Å². The second kappa shape index (κ2) is 15.4. The molecule has 0 radical (unpaired) electrons. The molecule has 0 heterocycles. The quantitative estimate of drug-likeness (QED) is 0.398. The summed E-state index contributed by atoms with van der Waals surface area (Å²) in [5.74, 6) is -0.266. The van der Waals surface area contributed by atoms with Crippen molar-refractivity contribution in [3.63, 3.8) is 0 Å². The molecule has 0 aliphatic heterocycles. The van der Waals surface area contributed by atoms with Crippen LogP contribution in [0.1, 0.15) is 26.7 Å². The Hall–Kier alpha value is -1.51. The molecule has 0 aromatic rings. The third-order valence-electron chi connectivity index (χ3n) is 2.59. The van der Waals surface area contributed by atoms with Gasteiger partial charge in [-0.05, 0) is 13.8 Å². The van der Waals surface area contributed by atoms with Crippen LogP contribution in [0.3, 0.4) is 0 Å². The molecule has 0 aromatic carbocycles. The lowest BCUT2D eigenvalue weighted by atomic mass is 10.4. The van der Waals surface area contributed by atoms with E-state index in [2.05, 4.69) is 10.6 Å². The minimum atomic E-state index is -0.142. The smallest absolute Gasteiger partial charge is 0.222 e. The predicted octanol–water partition coefficient (Wildman–Crippen LogP) is -0.342. The van der Waals surface area contributed by atoms with Gasteiger partial charge in [0.25, 0.3) is 0 Å². The summed E-state index contributed by atoms with van der Waals surface area (Å²) in [6.45, 7) is 6.12. The molecule has 8 heteroatoms. The fourth-order valence-electron chi connectivity index (χ4n) is 1.49. The second-order valence-corrected chi connectivity index (χ2v) is 4.76. The van der Waals surface area contributed by atoms with Crippen molar-refractivity contribution in [3.05, 3.63) is 0 Å². The van der Waals surface area contributed by atoms with E-state index in [1.165, 1.54) is 6.92 Å². The van der Waals surface area contributed by atoms with Crippen LogP contribution in [0.25, 0.3) is 0 Å². The number of carbonyl (C=O) groups is 3. The summed E-state index contributed by atoms with van der Waals surface area (Å²) in [4.78, 5) is 33.4. The molecular formula is C15H28N2O6. The lowest BCUT2D eigenvalue weighted by Crippen LogP contribution is -2.30. The maximum Gasteiger partial charge on any atom is 0.222 e. The van der Waals surface area contributed by atoms with Crippen molar-refractivity contribution in [2.45, 2.75) is 26.7 Å². The van der Waals surface area contributed by atoms with Gasteiger partial charge in [-0.3, -0.25) is 14.4 Å². The summed E-state index contributed by atoms with van der Waals surface area (Å²) in [5.41, 5.74) is 0. The Labute approximate surface area is 137 Å². The molecule has 8 nitrogen and oxygen atoms in total. The number of hydrogen-bond acceptors (Lipinski definition) is 6. The van der Waals surface area contributed by atoms with Crippen molar-refractivity contribution in [2.75, 3.05) is 52.7 Å². The molecule has 0 rings (SSSR count). The summed E-state index contributed by atoms with van der Waals surface area (Å²) in [6, 6.07) is 0. The highest BCUT2D eigenvalue weighted by molar-refractivity contribution is 5.77. The molecule has 0 fully saturated rings. The van der Waals surface area contributed by atoms with Gasteiger partial charge < -0.3 is 24.8 Å². The van der Waals surface area contributed by atoms with Crippen LogP contribution < -0.4 is 10.6 Å². The first kappa shape index (κ1) is 21.5. The molecule has 0 saturated carbocycles. The van der Waals surface area contributed by atoms with Gasteiger partial charge in [0.2, 0.25) is 11.8 Å². The third-order valence-corrected chi connectivity index (χ3v) is 2.59. The number of Topliss-reactive ketones (excluding diaryl/α,β-unsaturated/α-hetero) is 1. The number of rotatable bonds is 15. The van der Waals surface area contributed by atoms with Gasteiger partial charge in [-0.25, -0.2) is 0 Å². The van der Waals surface area contributed by atoms with E-state index in [0.717, 1.165) is 0 Å². The maximum absolute atomic E-state index is 11.4. The molecule has 0 bridgehead atoms. The van der Waals surface area contributed by atoms with Crippen LogP contribution in [-0.4, -0.2) is 70.3 Å². The van der Waals surface area contributed by atoms with Gasteiger partial charge in [0.05, 0.1) is 26.4 Å². The zero-order valence-electron chi connectivity index (χ0n) is 14.0. The van der Waals surface area contributed by atoms with E-state index in [0.29, 0.717) is 45.9 Å². The molecule has 134 valence electrons. The Kier molecular flexibility index (Phi) is 14.4. The molecule has 0 aromatic heterocycles. The van der Waals surface area contributed by atoms with Crippen molar-refractivity contribution < 1.29 is 28.6 Å². The molecule has 2 N–H and O–H groups in total. The molecule has 0 aliphatic carbocycles. The van der Waals surface area contributed by atoms with Gasteiger partial charge in [-0.1, -0.05) is 0 Å². The highest BCUT2D eigenvalue weighted by Gasteiger charge is 2.02. The monoisotopic (exact) mass is 332 g/mol. The Morgan fingerprint density at radius 2 is 1.30 bits per heavy atom. The number of amides is 2. The number of ether oxygens (including phenoxy) is 3. The van der Waals surface area contributed by atoms with Gasteiger partial charge in [0, 0.05) is 32.5 Å². The van der Waals surface area contributed by atoms with Crippen molar-refractivity contribution in [1.29, 1.82) is 0 Å². The first-order valence-corrected chi connectivity index (χ1v) is 7.82. The third kappa shape index (κ3) is 16.7. The second-order valence-electron chi connectivity index (χ2n) is 4.76. The molecular weight excluding hydrogens is 304 g/mol. The van der Waals surface area contributed by atoms with Crippen LogP contribution in [0.15, 0.2) is 0 Å². The van der Waals surface area contributed by atoms with Crippen LogP contribution in [0, 0.1) is 0 Å². The van der Waals surface area contributed by atoms with Crippen molar-refractivity contribution >= 4 is 17.6 Å². The molecule has 0 spiro atoms. The van der Waals surface area contributed by atoms with Gasteiger partial charge >= 0.3 is 0 Å². The van der Waals surface area contributed by atoms with Crippen LogP contribution in [0.4, 0.5) is 0 Å². The average Bonchev–Trinajstić information content (AvgIpc) is 2.50. The van der Waals surface area contributed by atoms with Crippen molar-refractivity contribution in [1.82, 2.24) is 10.6 Å². The molecule has 0 aliphatic rings. The molecule has 0 saturated heterocycles. The van der Waals surface area contributed by atoms with Gasteiger partial charge in [0.1, 0.15) is 6.61 Å². The first-order valence-electron chi connectivity index (χ1n) is 7.82. The van der Waals surface area contributed by atoms with Crippen molar-refractivity contribution in [2.24, 2.45) is 0 Å². The summed E-state index contributed by atoms with van der Waals surface area (Å²) in [7, 11) is 0. The van der Waals surface area contributed by atoms with Crippen LogP contribution >= 0.6 is 0 Å². The predicted molar refractivity (Wildman–Crippen MR) is 84.1 cm³/mol. The van der Waals surface area contributed by atoms with Gasteiger partial charge in [-0.2, -0.15) is 0 Å². The Balaban J connectivity index is 3.32. The Morgan fingerprint density at radius 1 is 0.783 bits per heavy atom. The SMILES string of the molecule is CCOCCC(=O)NCCOCCC(=O)NCCOCC(C)=O. The first-order chi connectivity index (χ1) is 11.1. The van der Waals surface area contributed by atoms with Crippen LogP contribution in [-0.2, 0) is 28.6 Å². The van der Waals surface area contributed by atoms with E-state index in [1.807, 2.05) is 6.92 Å². The normalized spacial score (nSPS) is 10.3. The van der Waals surface area contributed by atoms with Crippen LogP contribution in [0.5, 0.6) is 0 Å². The minimum absolute atomic E-state index is 0.0466. The lowest BCUT2D eigenvalue weighted by molar-refractivity contribution is -0.124. The number of hydrogen-bond donors (Lipinski definition) is 2. The van der Waals surface area contributed by atoms with E-state index in [-0.39, 0.29) is 37.2 Å². The highest BCUT2D eigenvalue weighted by Crippen LogP contribution is 1.85. The summed E-state index contributed by atoms with van der Waals surface area (Å²) < 4.78 is 15.3. The summed E-state index contributed by atoms with van der Waals surface area (Å²) in [5, 5.41) is 5.35. The van der Waals surface area contributed by atoms with E-state index >= 15 is 0 Å². The van der Waals surface area contributed by atoms with Gasteiger partial charge in [0.15, 0.2) is 5.78 Å². The van der Waals surface area contributed by atoms with Gasteiger partial charge in [-0.15, -0.1) is 0 Å². The zero-order valence-corrected chi connectivity index (χ0v) is 14.0. The van der Waals surface area contributed by atoms with E-state index in [9.17, 15) is 14.4 Å². The van der Waals surface area contributed by atoms with Crippen LogP contribution in [0.2, 0.25) is 0 Å². The standard InChI is InChI=1S/C15H28N2O6/c1-3-21-8-4-14(19)16-6-10-22-9-5-15(20)17-7-11-23-12-13(2)18/h3-12H2,1-2H3,(H,16,19)(H,17,20). The fraction of sp³-hybridized carbons (Fsp3) is 0.800. The maximum atomic E-state index is 11.4. The lowest BCUT2D eigenvalue weighted by Gasteiger charge is -2.07. The fourth-order valence-corrected chi connectivity index (χ4v) is 1.49. The average molecular weight is 332 g/mol. The molecule has 23 heavy (non-hydrogen) atoms. The number of nitrogens with one attached hydrogen (secondary N) is 2. The minimum Gasteiger partial charge on any atom is -0.381 e. The van der Waals surface area contributed by atoms with E-state index < -0.39 is 0 Å². The molecule has 0 unspecified atom stereocenters. The number of ketones is 1. The molecule has 2 amide bonds. The van der Waals surface area contributed by atoms with E-state index in [1.54, 1.807) is 0 Å².